The molecule has 6 aliphatic rings. The van der Waals surface area contributed by atoms with Gasteiger partial charge in [-0.15, -0.1) is 0 Å². The van der Waals surface area contributed by atoms with Gasteiger partial charge in [0.1, 0.15) is 11.8 Å². The van der Waals surface area contributed by atoms with Gasteiger partial charge >= 0.3 is 0 Å². The summed E-state index contributed by atoms with van der Waals surface area (Å²) in [5, 5.41) is 24.1. The number of carbonyl (C=O) groups is 1. The van der Waals surface area contributed by atoms with Crippen molar-refractivity contribution in [1.82, 2.24) is 9.80 Å². The van der Waals surface area contributed by atoms with Crippen molar-refractivity contribution in [2.24, 2.45) is 11.8 Å². The molecule has 3 saturated heterocycles. The van der Waals surface area contributed by atoms with Gasteiger partial charge in [0.15, 0.2) is 11.5 Å². The van der Waals surface area contributed by atoms with Crippen LogP contribution < -0.4 is 4.74 Å². The fraction of sp³-hybridized carbons (Fsp3) is 0.567. The smallest absolute Gasteiger partial charge is 0.254 e. The third kappa shape index (κ3) is 2.60. The number of aliphatic hydroxyl groups is 1. The average molecular weight is 503 g/mol. The lowest BCUT2D eigenvalue weighted by Crippen LogP contribution is -2.76. The molecule has 8 rings (SSSR count). The number of piperidine rings is 1. The third-order valence-corrected chi connectivity index (χ3v) is 10.7. The fourth-order valence-corrected chi connectivity index (χ4v) is 9.16. The molecule has 3 aliphatic carbocycles. The van der Waals surface area contributed by atoms with Gasteiger partial charge in [-0.25, -0.2) is 0 Å². The van der Waals surface area contributed by atoms with Crippen LogP contribution >= 0.6 is 0 Å². The predicted molar refractivity (Wildman–Crippen MR) is 135 cm³/mol. The number of amides is 1. The molecule has 0 aromatic heterocycles. The Morgan fingerprint density at radius 1 is 1.11 bits per heavy atom. The Hall–Kier alpha value is -2.61. The summed E-state index contributed by atoms with van der Waals surface area (Å²) in [6, 6.07) is 13.9. The van der Waals surface area contributed by atoms with Gasteiger partial charge in [0.25, 0.3) is 5.91 Å². The molecule has 7 heteroatoms. The van der Waals surface area contributed by atoms with Gasteiger partial charge in [-0.1, -0.05) is 36.4 Å². The van der Waals surface area contributed by atoms with Crippen molar-refractivity contribution in [3.8, 4) is 11.5 Å². The molecule has 2 N–H and O–H groups in total. The van der Waals surface area contributed by atoms with Crippen LogP contribution in [0.1, 0.15) is 48.8 Å². The van der Waals surface area contributed by atoms with Crippen molar-refractivity contribution in [3.05, 3.63) is 59.2 Å². The lowest BCUT2D eigenvalue weighted by atomic mass is 9.45. The minimum Gasteiger partial charge on any atom is -0.504 e. The molecule has 0 radical (unpaired) electrons. The number of rotatable bonds is 5. The first-order valence-electron chi connectivity index (χ1n) is 13.8. The fourth-order valence-electron chi connectivity index (χ4n) is 9.16. The summed E-state index contributed by atoms with van der Waals surface area (Å²) >= 11 is 0. The number of benzene rings is 2. The maximum atomic E-state index is 14.0. The quantitative estimate of drug-likeness (QED) is 0.654. The van der Waals surface area contributed by atoms with Crippen LogP contribution in [-0.2, 0) is 27.9 Å². The largest absolute Gasteiger partial charge is 0.504 e. The van der Waals surface area contributed by atoms with Gasteiger partial charge in [-0.2, -0.15) is 0 Å². The zero-order valence-corrected chi connectivity index (χ0v) is 21.2. The number of hydrogen-bond acceptors (Lipinski definition) is 6. The maximum Gasteiger partial charge on any atom is 0.254 e. The highest BCUT2D eigenvalue weighted by Gasteiger charge is 2.83. The second-order valence-corrected chi connectivity index (χ2v) is 12.2. The Morgan fingerprint density at radius 2 is 1.92 bits per heavy atom. The second kappa shape index (κ2) is 7.28. The van der Waals surface area contributed by atoms with Crippen LogP contribution in [0.2, 0.25) is 0 Å². The Morgan fingerprint density at radius 3 is 2.68 bits per heavy atom. The molecule has 2 aromatic carbocycles. The number of phenols is 1. The minimum atomic E-state index is -1.33. The topological polar surface area (TPSA) is 82.5 Å². The van der Waals surface area contributed by atoms with Gasteiger partial charge in [0, 0.05) is 30.1 Å². The summed E-state index contributed by atoms with van der Waals surface area (Å²) in [7, 11) is 1.58. The first kappa shape index (κ1) is 22.4. The number of ether oxygens (including phenoxy) is 2. The summed E-state index contributed by atoms with van der Waals surface area (Å²) in [4.78, 5) is 18.3. The molecule has 5 fully saturated rings. The SMILES string of the molecule is COc1ccc2c(c1O)[C@]13CCN(CC4CC4)[C@H](C2)[C@@]12CCC1(O)C3[C@H](O2)C(=O)N1Cc1ccccc1. The lowest BCUT2D eigenvalue weighted by Gasteiger charge is -2.66. The molecular weight excluding hydrogens is 468 g/mol. The molecule has 3 heterocycles. The lowest BCUT2D eigenvalue weighted by molar-refractivity contribution is -0.224. The number of likely N-dealkylation sites (tertiary alicyclic amines) is 2. The molecule has 4 bridgehead atoms. The molecule has 2 aromatic rings. The second-order valence-electron chi connectivity index (χ2n) is 12.2. The summed E-state index contributed by atoms with van der Waals surface area (Å²) < 4.78 is 12.6. The van der Waals surface area contributed by atoms with Crippen LogP contribution in [0.4, 0.5) is 0 Å². The molecule has 2 unspecified atom stereocenters. The van der Waals surface area contributed by atoms with Crippen LogP contribution in [-0.4, -0.2) is 69.6 Å². The van der Waals surface area contributed by atoms with Gasteiger partial charge < -0.3 is 24.6 Å². The van der Waals surface area contributed by atoms with Crippen molar-refractivity contribution >= 4 is 5.91 Å². The van der Waals surface area contributed by atoms with Crippen LogP contribution in [0.3, 0.4) is 0 Å². The normalized spacial score (nSPS) is 39.5. The van der Waals surface area contributed by atoms with Crippen LogP contribution in [0, 0.1) is 11.8 Å². The van der Waals surface area contributed by atoms with Crippen LogP contribution in [0.25, 0.3) is 0 Å². The molecule has 7 nitrogen and oxygen atoms in total. The molecule has 0 spiro atoms. The zero-order valence-electron chi connectivity index (χ0n) is 21.2. The average Bonchev–Trinajstić information content (AvgIpc) is 3.64. The number of methoxy groups -OCH3 is 1. The number of fused-ring (bicyclic) bond motifs is 1. The third-order valence-electron chi connectivity index (χ3n) is 10.7. The number of hydrogen-bond donors (Lipinski definition) is 2. The molecule has 194 valence electrons. The maximum absolute atomic E-state index is 14.0. The van der Waals surface area contributed by atoms with E-state index in [0.29, 0.717) is 25.1 Å². The van der Waals surface area contributed by atoms with Crippen LogP contribution in [0.15, 0.2) is 42.5 Å². The molecule has 1 amide bonds. The number of phenolic OH excluding ortho intramolecular Hbond substituents is 1. The van der Waals surface area contributed by atoms with Gasteiger partial charge in [-0.3, -0.25) is 9.69 Å². The molecule has 6 atom stereocenters. The van der Waals surface area contributed by atoms with E-state index in [1.807, 2.05) is 36.4 Å². The first-order valence-corrected chi connectivity index (χ1v) is 13.8. The van der Waals surface area contributed by atoms with E-state index in [2.05, 4.69) is 11.0 Å². The van der Waals surface area contributed by atoms with E-state index in [4.69, 9.17) is 9.47 Å². The van der Waals surface area contributed by atoms with E-state index in [1.54, 1.807) is 12.0 Å². The number of nitrogens with zero attached hydrogens (tertiary/aromatic N) is 2. The molecule has 3 aliphatic heterocycles. The predicted octanol–water partition coefficient (Wildman–Crippen LogP) is 2.96. The summed E-state index contributed by atoms with van der Waals surface area (Å²) in [6.07, 6.45) is 4.54. The summed E-state index contributed by atoms with van der Waals surface area (Å²) in [5.74, 6) is 0.786. The Labute approximate surface area is 217 Å². The molecular formula is C30H34N2O5. The number of carbonyl (C=O) groups excluding carboxylic acids is 1. The Balaban J connectivity index is 1.32. The van der Waals surface area contributed by atoms with E-state index in [0.717, 1.165) is 48.5 Å². The van der Waals surface area contributed by atoms with Gasteiger partial charge in [0.05, 0.1) is 18.6 Å². The van der Waals surface area contributed by atoms with E-state index in [1.165, 1.54) is 12.8 Å². The zero-order chi connectivity index (χ0) is 25.2. The minimum absolute atomic E-state index is 0.123. The summed E-state index contributed by atoms with van der Waals surface area (Å²) in [6.45, 7) is 2.30. The van der Waals surface area contributed by atoms with E-state index < -0.39 is 28.8 Å². The first-order chi connectivity index (χ1) is 17.9. The number of aromatic hydroxyl groups is 1. The van der Waals surface area contributed by atoms with Gasteiger partial charge in [-0.05, 0) is 68.2 Å². The summed E-state index contributed by atoms with van der Waals surface area (Å²) in [5.41, 5.74) is 0.362. The monoisotopic (exact) mass is 502 g/mol. The standard InChI is InChI=1S/C30H34N2O5/c1-36-21-10-9-20-15-22-29-11-12-30(35)26(25(37-29)27(34)32(30)17-18-5-3-2-4-6-18)28(29,23(20)24(21)33)13-14-31(22)16-19-7-8-19/h2-6,9-10,19,22,25-26,33,35H,7-8,11-17H2,1H3/t22-,25+,26?,28+,29+,30?/m1/s1. The van der Waals surface area contributed by atoms with Crippen molar-refractivity contribution in [2.45, 2.75) is 74.0 Å². The van der Waals surface area contributed by atoms with Crippen LogP contribution in [0.5, 0.6) is 11.5 Å². The van der Waals surface area contributed by atoms with Crippen molar-refractivity contribution in [2.75, 3.05) is 20.2 Å². The highest BCUT2D eigenvalue weighted by atomic mass is 16.5. The van der Waals surface area contributed by atoms with Crippen molar-refractivity contribution < 1.29 is 24.5 Å². The Kier molecular flexibility index (Phi) is 4.40. The van der Waals surface area contributed by atoms with Gasteiger partial charge in [0.2, 0.25) is 0 Å². The highest BCUT2D eigenvalue weighted by molar-refractivity contribution is 5.87. The molecule has 2 saturated carbocycles. The Bertz CT molecular complexity index is 1300. The highest BCUT2D eigenvalue weighted by Crippen LogP contribution is 2.73. The van der Waals surface area contributed by atoms with Crippen molar-refractivity contribution in [1.29, 1.82) is 0 Å². The van der Waals surface area contributed by atoms with E-state index >= 15 is 0 Å². The molecule has 37 heavy (non-hydrogen) atoms. The van der Waals surface area contributed by atoms with E-state index in [-0.39, 0.29) is 17.7 Å². The van der Waals surface area contributed by atoms with Crippen molar-refractivity contribution in [3.63, 3.8) is 0 Å². The van der Waals surface area contributed by atoms with E-state index in [9.17, 15) is 15.0 Å².